The Kier molecular flexibility index (Phi) is 4.29. The zero-order chi connectivity index (χ0) is 14.8. The van der Waals surface area contributed by atoms with E-state index in [1.54, 1.807) is 4.90 Å². The third-order valence-electron chi connectivity index (χ3n) is 3.78. The summed E-state index contributed by atoms with van der Waals surface area (Å²) in [5.74, 6) is 0.133. The number of hydrogen-bond acceptors (Lipinski definition) is 3. The molecule has 2 heterocycles. The van der Waals surface area contributed by atoms with Crippen LogP contribution in [0.25, 0.3) is 0 Å². The summed E-state index contributed by atoms with van der Waals surface area (Å²) in [6.07, 6.45) is 0.755. The Morgan fingerprint density at radius 1 is 1.33 bits per heavy atom. The summed E-state index contributed by atoms with van der Waals surface area (Å²) >= 11 is 7.45. The lowest BCUT2D eigenvalue weighted by molar-refractivity contribution is -0.132. The number of likely N-dealkylation sites (N-methyl/N-ethyl adjacent to an activating group) is 1. The highest BCUT2D eigenvalue weighted by Crippen LogP contribution is 2.23. The van der Waals surface area contributed by atoms with Gasteiger partial charge in [0, 0.05) is 18.5 Å². The van der Waals surface area contributed by atoms with Crippen molar-refractivity contribution in [3.63, 3.8) is 0 Å². The van der Waals surface area contributed by atoms with Crippen LogP contribution in [-0.4, -0.2) is 23.9 Å². The molecule has 2 aromatic rings. The average Bonchev–Trinajstić information content (AvgIpc) is 2.91. The van der Waals surface area contributed by atoms with E-state index in [1.165, 1.54) is 22.5 Å². The Balaban J connectivity index is 1.66. The highest BCUT2D eigenvalue weighted by molar-refractivity contribution is 7.16. The monoisotopic (exact) mass is 320 g/mol. The van der Waals surface area contributed by atoms with Gasteiger partial charge in [0.2, 0.25) is 5.91 Å². The Labute approximate surface area is 133 Å². The zero-order valence-corrected chi connectivity index (χ0v) is 13.4. The molecule has 1 aliphatic rings. The first-order valence-corrected chi connectivity index (χ1v) is 8.12. The predicted octanol–water partition coefficient (Wildman–Crippen LogP) is 3.07. The first-order chi connectivity index (χ1) is 10.1. The molecule has 1 unspecified atom stereocenters. The molecule has 0 aliphatic carbocycles. The van der Waals surface area contributed by atoms with Crippen LogP contribution in [0, 0.1) is 0 Å². The summed E-state index contributed by atoms with van der Waals surface area (Å²) in [7, 11) is 1.85. The molecular weight excluding hydrogens is 304 g/mol. The second-order valence-corrected chi connectivity index (χ2v) is 7.11. The number of nitrogens with one attached hydrogen (secondary N) is 1. The fourth-order valence-electron chi connectivity index (χ4n) is 2.64. The molecule has 3 nitrogen and oxygen atoms in total. The SMILES string of the molecule is CN(Cc1ccc(Cl)s1)C(=O)C1Cc2ccccc2CN1. The molecule has 0 bridgehead atoms. The van der Waals surface area contributed by atoms with Gasteiger partial charge in [-0.1, -0.05) is 35.9 Å². The maximum Gasteiger partial charge on any atom is 0.240 e. The van der Waals surface area contributed by atoms with Gasteiger partial charge in [-0.15, -0.1) is 11.3 Å². The van der Waals surface area contributed by atoms with Crippen LogP contribution in [0.1, 0.15) is 16.0 Å². The fraction of sp³-hybridized carbons (Fsp3) is 0.312. The van der Waals surface area contributed by atoms with E-state index < -0.39 is 0 Å². The van der Waals surface area contributed by atoms with Gasteiger partial charge in [0.25, 0.3) is 0 Å². The van der Waals surface area contributed by atoms with E-state index in [2.05, 4.69) is 17.4 Å². The number of hydrogen-bond donors (Lipinski definition) is 1. The summed E-state index contributed by atoms with van der Waals surface area (Å²) in [6, 6.07) is 12.0. The van der Waals surface area contributed by atoms with Gasteiger partial charge in [-0.05, 0) is 29.7 Å². The molecule has 0 saturated heterocycles. The number of thiophene rings is 1. The summed E-state index contributed by atoms with van der Waals surface area (Å²) in [6.45, 7) is 1.36. The van der Waals surface area contributed by atoms with E-state index >= 15 is 0 Å². The van der Waals surface area contributed by atoms with Crippen molar-refractivity contribution in [1.29, 1.82) is 0 Å². The van der Waals surface area contributed by atoms with Gasteiger partial charge in [0.15, 0.2) is 0 Å². The van der Waals surface area contributed by atoms with Crippen molar-refractivity contribution in [2.24, 2.45) is 0 Å². The lowest BCUT2D eigenvalue weighted by Crippen LogP contribution is -2.47. The molecule has 0 saturated carbocycles. The van der Waals surface area contributed by atoms with Crippen LogP contribution in [0.15, 0.2) is 36.4 Å². The van der Waals surface area contributed by atoms with Crippen LogP contribution in [-0.2, 0) is 24.3 Å². The maximum absolute atomic E-state index is 12.6. The van der Waals surface area contributed by atoms with Gasteiger partial charge < -0.3 is 10.2 Å². The normalized spacial score (nSPS) is 17.3. The molecule has 1 N–H and O–H groups in total. The van der Waals surface area contributed by atoms with Gasteiger partial charge in [-0.3, -0.25) is 4.79 Å². The minimum Gasteiger partial charge on any atom is -0.339 e. The van der Waals surface area contributed by atoms with Crippen LogP contribution in [0.3, 0.4) is 0 Å². The van der Waals surface area contributed by atoms with E-state index in [0.29, 0.717) is 6.54 Å². The highest BCUT2D eigenvalue weighted by Gasteiger charge is 2.26. The lowest BCUT2D eigenvalue weighted by Gasteiger charge is -2.28. The molecule has 1 amide bonds. The Morgan fingerprint density at radius 3 is 2.81 bits per heavy atom. The molecule has 0 fully saturated rings. The first kappa shape index (κ1) is 14.6. The number of nitrogens with zero attached hydrogens (tertiary/aromatic N) is 1. The standard InChI is InChI=1S/C16H17ClN2OS/c1-19(10-13-6-7-15(17)21-13)16(20)14-8-11-4-2-3-5-12(11)9-18-14/h2-7,14,18H,8-10H2,1H3. The molecule has 0 radical (unpaired) electrons. The molecule has 1 aliphatic heterocycles. The first-order valence-electron chi connectivity index (χ1n) is 6.93. The van der Waals surface area contributed by atoms with Gasteiger partial charge in [-0.2, -0.15) is 0 Å². The number of rotatable bonds is 3. The highest BCUT2D eigenvalue weighted by atomic mass is 35.5. The molecular formula is C16H17ClN2OS. The summed E-state index contributed by atoms with van der Waals surface area (Å²) in [5.41, 5.74) is 2.55. The number of halogens is 1. The van der Waals surface area contributed by atoms with Crippen LogP contribution < -0.4 is 5.32 Å². The zero-order valence-electron chi connectivity index (χ0n) is 11.8. The van der Waals surface area contributed by atoms with E-state index in [-0.39, 0.29) is 11.9 Å². The van der Waals surface area contributed by atoms with Crippen LogP contribution in [0.2, 0.25) is 4.34 Å². The van der Waals surface area contributed by atoms with Gasteiger partial charge in [0.1, 0.15) is 0 Å². The third kappa shape index (κ3) is 3.28. The molecule has 1 atom stereocenters. The van der Waals surface area contributed by atoms with Crippen molar-refractivity contribution in [3.8, 4) is 0 Å². The Hall–Kier alpha value is -1.36. The topological polar surface area (TPSA) is 32.3 Å². The summed E-state index contributed by atoms with van der Waals surface area (Å²) in [4.78, 5) is 15.4. The Bertz CT molecular complexity index is 655. The van der Waals surface area contributed by atoms with E-state index in [9.17, 15) is 4.79 Å². The number of carbonyl (C=O) groups is 1. The third-order valence-corrected chi connectivity index (χ3v) is 4.99. The maximum atomic E-state index is 12.6. The number of carbonyl (C=O) groups excluding carboxylic acids is 1. The molecule has 5 heteroatoms. The van der Waals surface area contributed by atoms with Crippen molar-refractivity contribution in [1.82, 2.24) is 10.2 Å². The van der Waals surface area contributed by atoms with Gasteiger partial charge in [0.05, 0.1) is 16.9 Å². The predicted molar refractivity (Wildman–Crippen MR) is 86.6 cm³/mol. The van der Waals surface area contributed by atoms with Crippen molar-refractivity contribution < 1.29 is 4.79 Å². The summed E-state index contributed by atoms with van der Waals surface area (Å²) in [5, 5.41) is 3.33. The number of fused-ring (bicyclic) bond motifs is 1. The average molecular weight is 321 g/mol. The molecule has 110 valence electrons. The molecule has 1 aromatic heterocycles. The number of amides is 1. The van der Waals surface area contributed by atoms with Crippen molar-refractivity contribution in [2.75, 3.05) is 7.05 Å². The second kappa shape index (κ2) is 6.18. The largest absolute Gasteiger partial charge is 0.339 e. The van der Waals surface area contributed by atoms with Crippen LogP contribution in [0.5, 0.6) is 0 Å². The molecule has 21 heavy (non-hydrogen) atoms. The minimum atomic E-state index is -0.139. The van der Waals surface area contributed by atoms with Crippen LogP contribution >= 0.6 is 22.9 Å². The van der Waals surface area contributed by atoms with E-state index in [1.807, 2.05) is 31.3 Å². The van der Waals surface area contributed by atoms with E-state index in [4.69, 9.17) is 11.6 Å². The molecule has 1 aromatic carbocycles. The van der Waals surface area contributed by atoms with Crippen LogP contribution in [0.4, 0.5) is 0 Å². The van der Waals surface area contributed by atoms with Gasteiger partial charge in [-0.25, -0.2) is 0 Å². The minimum absolute atomic E-state index is 0.133. The lowest BCUT2D eigenvalue weighted by atomic mass is 9.95. The quantitative estimate of drug-likeness (QED) is 0.942. The molecule has 3 rings (SSSR count). The van der Waals surface area contributed by atoms with Crippen molar-refractivity contribution in [3.05, 3.63) is 56.7 Å². The van der Waals surface area contributed by atoms with Crippen molar-refractivity contribution in [2.45, 2.75) is 25.6 Å². The smallest absolute Gasteiger partial charge is 0.240 e. The summed E-state index contributed by atoms with van der Waals surface area (Å²) < 4.78 is 0.760. The van der Waals surface area contributed by atoms with Gasteiger partial charge >= 0.3 is 0 Å². The van der Waals surface area contributed by atoms with E-state index in [0.717, 1.165) is 22.2 Å². The second-order valence-electron chi connectivity index (χ2n) is 5.31. The Morgan fingerprint density at radius 2 is 2.10 bits per heavy atom. The van der Waals surface area contributed by atoms with Crippen molar-refractivity contribution >= 4 is 28.8 Å². The fourth-order valence-corrected chi connectivity index (χ4v) is 3.78. The molecule has 0 spiro atoms. The number of benzene rings is 1.